The van der Waals surface area contributed by atoms with Gasteiger partial charge < -0.3 is 10.2 Å². The van der Waals surface area contributed by atoms with Crippen molar-refractivity contribution < 1.29 is 8.42 Å². The van der Waals surface area contributed by atoms with E-state index >= 15 is 0 Å². The summed E-state index contributed by atoms with van der Waals surface area (Å²) in [5.41, 5.74) is 0.560. The van der Waals surface area contributed by atoms with Crippen LogP contribution in [0.3, 0.4) is 0 Å². The molecule has 2 aliphatic heterocycles. The van der Waals surface area contributed by atoms with Gasteiger partial charge in [-0.25, -0.2) is 13.1 Å². The number of hydrogen-bond donors (Lipinski definition) is 2. The summed E-state index contributed by atoms with van der Waals surface area (Å²) in [5.74, 6) is 1.59. The van der Waals surface area contributed by atoms with E-state index in [9.17, 15) is 8.42 Å². The summed E-state index contributed by atoms with van der Waals surface area (Å²) in [7, 11) is -3.03. The Morgan fingerprint density at radius 1 is 1.08 bits per heavy atom. The third kappa shape index (κ3) is 6.06. The molecule has 3 rings (SSSR count). The highest BCUT2D eigenvalue weighted by molar-refractivity contribution is 7.89. The molecule has 148 valence electrons. The van der Waals surface area contributed by atoms with E-state index in [-0.39, 0.29) is 18.2 Å². The number of piperidine rings is 1. The monoisotopic (exact) mass is 393 g/mol. The molecule has 0 aromatic heterocycles. The molecule has 0 aromatic carbocycles. The minimum atomic E-state index is -3.03. The Labute approximate surface area is 160 Å². The topological polar surface area (TPSA) is 61.4 Å². The predicted octanol–water partition coefficient (Wildman–Crippen LogP) is 2.23. The summed E-state index contributed by atoms with van der Waals surface area (Å²) in [6.45, 7) is 8.57. The number of rotatable bonds is 6. The van der Waals surface area contributed by atoms with Crippen molar-refractivity contribution in [2.24, 2.45) is 17.3 Å². The maximum absolute atomic E-state index is 11.6. The van der Waals surface area contributed by atoms with Crippen LogP contribution < -0.4 is 10.0 Å². The molecule has 0 amide bonds. The first-order valence-corrected chi connectivity index (χ1v) is 11.6. The molecule has 7 heteroatoms. The van der Waals surface area contributed by atoms with Crippen LogP contribution in [0.5, 0.6) is 0 Å². The van der Waals surface area contributed by atoms with Crippen LogP contribution in [0.25, 0.3) is 0 Å². The van der Waals surface area contributed by atoms with Crippen LogP contribution >= 0.6 is 12.4 Å². The maximum atomic E-state index is 11.6. The van der Waals surface area contributed by atoms with Gasteiger partial charge in [-0.3, -0.25) is 0 Å². The molecule has 5 nitrogen and oxygen atoms in total. The average molecular weight is 394 g/mol. The Balaban J connectivity index is 0.00000225. The second kappa shape index (κ2) is 9.36. The van der Waals surface area contributed by atoms with Gasteiger partial charge in [-0.1, -0.05) is 0 Å². The SMILES string of the molecule is CCS(=O)(=O)NCC1CCC2(CC1)CCN(C[C@@H]1CCNC1)CC2.Cl. The Morgan fingerprint density at radius 3 is 2.32 bits per heavy atom. The molecular formula is C18H36ClN3O2S. The van der Waals surface area contributed by atoms with Gasteiger partial charge in [-0.2, -0.15) is 0 Å². The number of likely N-dealkylation sites (tertiary alicyclic amines) is 1. The fraction of sp³-hybridized carbons (Fsp3) is 1.00. The number of nitrogens with zero attached hydrogens (tertiary/aromatic N) is 1. The second-order valence-electron chi connectivity index (χ2n) is 8.35. The van der Waals surface area contributed by atoms with Crippen molar-refractivity contribution in [2.75, 3.05) is 45.0 Å². The maximum Gasteiger partial charge on any atom is 0.211 e. The van der Waals surface area contributed by atoms with Gasteiger partial charge in [0.2, 0.25) is 10.0 Å². The van der Waals surface area contributed by atoms with Crippen molar-refractivity contribution in [2.45, 2.75) is 51.9 Å². The molecule has 2 N–H and O–H groups in total. The van der Waals surface area contributed by atoms with Gasteiger partial charge in [0.15, 0.2) is 0 Å². The van der Waals surface area contributed by atoms with E-state index in [1.54, 1.807) is 6.92 Å². The number of halogens is 1. The first-order valence-electron chi connectivity index (χ1n) is 9.91. The average Bonchev–Trinajstić information content (AvgIpc) is 3.10. The normalized spacial score (nSPS) is 28.1. The highest BCUT2D eigenvalue weighted by Crippen LogP contribution is 2.46. The van der Waals surface area contributed by atoms with E-state index in [0.29, 0.717) is 17.9 Å². The molecule has 1 saturated carbocycles. The summed E-state index contributed by atoms with van der Waals surface area (Å²) >= 11 is 0. The standard InChI is InChI=1S/C18H35N3O2S.ClH/c1-2-24(22,23)20-14-16-3-6-18(7-4-16)8-11-21(12-9-18)15-17-5-10-19-13-17;/h16-17,19-20H,2-15H2,1H3;1H/t17-;/m1./s1. The van der Waals surface area contributed by atoms with Crippen molar-refractivity contribution in [3.8, 4) is 0 Å². The molecule has 2 heterocycles. The molecule has 0 unspecified atom stereocenters. The van der Waals surface area contributed by atoms with Crippen LogP contribution in [0.2, 0.25) is 0 Å². The Morgan fingerprint density at radius 2 is 1.76 bits per heavy atom. The zero-order valence-electron chi connectivity index (χ0n) is 15.6. The quantitative estimate of drug-likeness (QED) is 0.726. The third-order valence-electron chi connectivity index (χ3n) is 6.73. The predicted molar refractivity (Wildman–Crippen MR) is 106 cm³/mol. The van der Waals surface area contributed by atoms with Crippen molar-refractivity contribution in [1.82, 2.24) is 14.9 Å². The van der Waals surface area contributed by atoms with Crippen LogP contribution in [-0.4, -0.2) is 58.3 Å². The number of hydrogen-bond acceptors (Lipinski definition) is 4. The van der Waals surface area contributed by atoms with Crippen molar-refractivity contribution in [3.05, 3.63) is 0 Å². The molecule has 1 spiro atoms. The van der Waals surface area contributed by atoms with Crippen molar-refractivity contribution in [1.29, 1.82) is 0 Å². The molecule has 25 heavy (non-hydrogen) atoms. The Bertz CT molecular complexity index is 490. The van der Waals surface area contributed by atoms with Gasteiger partial charge in [-0.15, -0.1) is 12.4 Å². The van der Waals surface area contributed by atoms with Gasteiger partial charge in [0.05, 0.1) is 5.75 Å². The van der Waals surface area contributed by atoms with Crippen molar-refractivity contribution in [3.63, 3.8) is 0 Å². The molecular weight excluding hydrogens is 358 g/mol. The molecule has 2 saturated heterocycles. The third-order valence-corrected chi connectivity index (χ3v) is 8.10. The van der Waals surface area contributed by atoms with E-state index in [4.69, 9.17) is 0 Å². The molecule has 3 fully saturated rings. The molecule has 0 bridgehead atoms. The van der Waals surface area contributed by atoms with E-state index in [2.05, 4.69) is 14.9 Å². The fourth-order valence-electron chi connectivity index (χ4n) is 4.79. The highest BCUT2D eigenvalue weighted by Gasteiger charge is 2.38. The summed E-state index contributed by atoms with van der Waals surface area (Å²) in [6.07, 6.45) is 9.02. The lowest BCUT2D eigenvalue weighted by atomic mass is 9.65. The van der Waals surface area contributed by atoms with Crippen LogP contribution in [0, 0.1) is 17.3 Å². The molecule has 1 atom stereocenters. The number of nitrogens with one attached hydrogen (secondary N) is 2. The largest absolute Gasteiger partial charge is 0.316 e. The van der Waals surface area contributed by atoms with Gasteiger partial charge in [0.1, 0.15) is 0 Å². The van der Waals surface area contributed by atoms with E-state index < -0.39 is 10.0 Å². The lowest BCUT2D eigenvalue weighted by Crippen LogP contribution is -2.44. The fourth-order valence-corrected chi connectivity index (χ4v) is 5.48. The molecule has 1 aliphatic carbocycles. The van der Waals surface area contributed by atoms with Gasteiger partial charge in [0.25, 0.3) is 0 Å². The van der Waals surface area contributed by atoms with Crippen LogP contribution in [0.1, 0.15) is 51.9 Å². The van der Waals surface area contributed by atoms with Gasteiger partial charge >= 0.3 is 0 Å². The van der Waals surface area contributed by atoms with Crippen LogP contribution in [0.15, 0.2) is 0 Å². The zero-order chi connectivity index (χ0) is 17.0. The zero-order valence-corrected chi connectivity index (χ0v) is 17.3. The second-order valence-corrected chi connectivity index (χ2v) is 10.5. The van der Waals surface area contributed by atoms with E-state index in [1.165, 1.54) is 77.7 Å². The summed E-state index contributed by atoms with van der Waals surface area (Å²) < 4.78 is 26.0. The highest BCUT2D eigenvalue weighted by atomic mass is 35.5. The van der Waals surface area contributed by atoms with Gasteiger partial charge in [-0.05, 0) is 95.3 Å². The molecule has 0 radical (unpaired) electrons. The molecule has 0 aromatic rings. The summed E-state index contributed by atoms with van der Waals surface area (Å²) in [5, 5.41) is 3.47. The Hall–Kier alpha value is 0.120. The first kappa shape index (κ1) is 21.4. The van der Waals surface area contributed by atoms with Crippen LogP contribution in [-0.2, 0) is 10.0 Å². The Kier molecular flexibility index (Phi) is 8.02. The lowest BCUT2D eigenvalue weighted by Gasteiger charge is -2.46. The molecule has 3 aliphatic rings. The number of sulfonamides is 1. The van der Waals surface area contributed by atoms with Crippen LogP contribution in [0.4, 0.5) is 0 Å². The lowest BCUT2D eigenvalue weighted by molar-refractivity contribution is 0.0474. The van der Waals surface area contributed by atoms with E-state index in [1.807, 2.05) is 0 Å². The minimum Gasteiger partial charge on any atom is -0.316 e. The van der Waals surface area contributed by atoms with Crippen molar-refractivity contribution >= 4 is 22.4 Å². The van der Waals surface area contributed by atoms with Gasteiger partial charge in [0, 0.05) is 13.1 Å². The first-order chi connectivity index (χ1) is 11.5. The van der Waals surface area contributed by atoms with E-state index in [0.717, 1.165) is 5.92 Å². The smallest absolute Gasteiger partial charge is 0.211 e. The summed E-state index contributed by atoms with van der Waals surface area (Å²) in [6, 6.07) is 0. The minimum absolute atomic E-state index is 0. The summed E-state index contributed by atoms with van der Waals surface area (Å²) in [4.78, 5) is 2.68.